The number of rotatable bonds is 4. The van der Waals surface area contributed by atoms with Crippen LogP contribution in [0.4, 0.5) is 5.69 Å². The highest BCUT2D eigenvalue weighted by Crippen LogP contribution is 2.58. The predicted molar refractivity (Wildman–Crippen MR) is 103 cm³/mol. The summed E-state index contributed by atoms with van der Waals surface area (Å²) in [5.74, 6) is 0.409. The van der Waals surface area contributed by atoms with Crippen molar-refractivity contribution < 1.29 is 9.53 Å². The monoisotopic (exact) mass is 357 g/mol. The number of carbonyl (C=O) groups excluding carboxylic acids is 1. The van der Waals surface area contributed by atoms with E-state index in [1.165, 1.54) is 5.56 Å². The zero-order valence-corrected chi connectivity index (χ0v) is 16.0. The average Bonchev–Trinajstić information content (AvgIpc) is 3.28. The molecule has 1 spiro atoms. The van der Waals surface area contributed by atoms with Crippen molar-refractivity contribution in [2.24, 2.45) is 11.3 Å². The highest BCUT2D eigenvalue weighted by atomic mass is 16.5. The molecule has 4 rings (SSSR count). The molecule has 1 aliphatic carbocycles. The first kappa shape index (κ1) is 18.0. The maximum absolute atomic E-state index is 12.7. The van der Waals surface area contributed by atoms with Gasteiger partial charge in [0.05, 0.1) is 12.2 Å². The fourth-order valence-corrected chi connectivity index (χ4v) is 4.84. The summed E-state index contributed by atoms with van der Waals surface area (Å²) in [5, 5.41) is 6.56. The number of benzene rings is 1. The minimum atomic E-state index is 0.203. The lowest BCUT2D eigenvalue weighted by atomic mass is 9.92. The minimum Gasteiger partial charge on any atom is -0.373 e. The molecule has 0 aromatic heterocycles. The van der Waals surface area contributed by atoms with E-state index >= 15 is 0 Å². The first-order valence-corrected chi connectivity index (χ1v) is 10.0. The van der Waals surface area contributed by atoms with Gasteiger partial charge in [-0.05, 0) is 69.3 Å². The van der Waals surface area contributed by atoms with Crippen LogP contribution >= 0.6 is 0 Å². The summed E-state index contributed by atoms with van der Waals surface area (Å²) in [4.78, 5) is 15.1. The van der Waals surface area contributed by atoms with Crippen LogP contribution in [0, 0.1) is 11.3 Å². The van der Waals surface area contributed by atoms with Crippen LogP contribution in [0.1, 0.15) is 38.7 Å². The summed E-state index contributed by atoms with van der Waals surface area (Å²) >= 11 is 0. The van der Waals surface area contributed by atoms with Gasteiger partial charge in [0.1, 0.15) is 0 Å². The molecule has 3 unspecified atom stereocenters. The van der Waals surface area contributed by atoms with Crippen LogP contribution in [0.3, 0.4) is 0 Å². The smallest absolute Gasteiger partial charge is 0.228 e. The Bertz CT molecular complexity index is 646. The van der Waals surface area contributed by atoms with Gasteiger partial charge in [-0.1, -0.05) is 12.1 Å². The van der Waals surface area contributed by atoms with Gasteiger partial charge in [-0.2, -0.15) is 0 Å². The van der Waals surface area contributed by atoms with E-state index in [9.17, 15) is 4.79 Å². The lowest BCUT2D eigenvalue weighted by molar-refractivity contribution is -0.118. The Balaban J connectivity index is 1.35. The first-order chi connectivity index (χ1) is 12.5. The number of hydrogen-bond acceptors (Lipinski definition) is 4. The molecular weight excluding hydrogens is 326 g/mol. The molecule has 3 aliphatic rings. The van der Waals surface area contributed by atoms with E-state index in [-0.39, 0.29) is 29.4 Å². The second-order valence-corrected chi connectivity index (χ2v) is 8.51. The fourth-order valence-electron chi connectivity index (χ4n) is 4.84. The molecule has 26 heavy (non-hydrogen) atoms. The molecule has 0 radical (unpaired) electrons. The van der Waals surface area contributed by atoms with Crippen molar-refractivity contribution in [1.29, 1.82) is 0 Å². The van der Waals surface area contributed by atoms with E-state index in [4.69, 9.17) is 4.74 Å². The Morgan fingerprint density at radius 1 is 1.27 bits per heavy atom. The molecule has 2 heterocycles. The zero-order chi connectivity index (χ0) is 18.1. The predicted octanol–water partition coefficient (Wildman–Crippen LogP) is 2.62. The fraction of sp³-hybridized carbons (Fsp3) is 0.667. The van der Waals surface area contributed by atoms with Gasteiger partial charge in [-0.3, -0.25) is 9.69 Å². The molecule has 2 saturated heterocycles. The van der Waals surface area contributed by atoms with Crippen molar-refractivity contribution in [1.82, 2.24) is 10.2 Å². The van der Waals surface area contributed by atoms with Crippen LogP contribution in [0.15, 0.2) is 24.3 Å². The molecule has 1 amide bonds. The summed E-state index contributed by atoms with van der Waals surface area (Å²) in [5.41, 5.74) is 2.46. The molecule has 0 bridgehead atoms. The molecular formula is C21H31N3O2. The Labute approximate surface area is 156 Å². The van der Waals surface area contributed by atoms with Gasteiger partial charge >= 0.3 is 0 Å². The maximum Gasteiger partial charge on any atom is 0.228 e. The quantitative estimate of drug-likeness (QED) is 0.870. The molecule has 5 heteroatoms. The largest absolute Gasteiger partial charge is 0.373 e. The number of carbonyl (C=O) groups is 1. The van der Waals surface area contributed by atoms with Crippen molar-refractivity contribution in [3.63, 3.8) is 0 Å². The zero-order valence-electron chi connectivity index (χ0n) is 16.0. The second kappa shape index (κ2) is 7.29. The molecule has 1 aromatic rings. The van der Waals surface area contributed by atoms with E-state index in [0.29, 0.717) is 0 Å². The molecule has 5 nitrogen and oxygen atoms in total. The average molecular weight is 357 g/mol. The molecule has 142 valence electrons. The van der Waals surface area contributed by atoms with E-state index in [1.807, 2.05) is 12.1 Å². The lowest BCUT2D eigenvalue weighted by Crippen LogP contribution is -2.44. The van der Waals surface area contributed by atoms with Crippen molar-refractivity contribution in [3.8, 4) is 0 Å². The van der Waals surface area contributed by atoms with Gasteiger partial charge in [-0.25, -0.2) is 0 Å². The van der Waals surface area contributed by atoms with Crippen molar-refractivity contribution in [3.05, 3.63) is 29.8 Å². The van der Waals surface area contributed by atoms with Crippen LogP contribution in [0.5, 0.6) is 0 Å². The Morgan fingerprint density at radius 3 is 2.73 bits per heavy atom. The number of nitrogens with zero attached hydrogens (tertiary/aromatic N) is 1. The highest BCUT2D eigenvalue weighted by Gasteiger charge is 2.57. The van der Waals surface area contributed by atoms with Crippen LogP contribution < -0.4 is 10.6 Å². The summed E-state index contributed by atoms with van der Waals surface area (Å²) < 4.78 is 5.82. The Morgan fingerprint density at radius 2 is 2.00 bits per heavy atom. The van der Waals surface area contributed by atoms with Crippen LogP contribution in [-0.2, 0) is 16.1 Å². The molecule has 1 saturated carbocycles. The summed E-state index contributed by atoms with van der Waals surface area (Å²) in [7, 11) is 0. The molecule has 1 aromatic carbocycles. The molecule has 2 N–H and O–H groups in total. The van der Waals surface area contributed by atoms with Gasteiger partial charge in [0.15, 0.2) is 0 Å². The van der Waals surface area contributed by atoms with Crippen molar-refractivity contribution in [2.45, 2.75) is 51.9 Å². The molecule has 3 atom stereocenters. The van der Waals surface area contributed by atoms with E-state index in [2.05, 4.69) is 41.5 Å². The standard InChI is InChI=1S/C21H31N3O2/c1-15-12-24(13-16(2)26-15)14-17-4-3-5-18(10-17)23-20(25)19-11-21(19)6-8-22-9-7-21/h3-5,10,15-16,19,22H,6-9,11-14H2,1-2H3,(H,23,25). The van der Waals surface area contributed by atoms with Gasteiger partial charge in [0.2, 0.25) is 5.91 Å². The van der Waals surface area contributed by atoms with Crippen LogP contribution in [0.25, 0.3) is 0 Å². The third-order valence-corrected chi connectivity index (χ3v) is 6.20. The number of hydrogen-bond donors (Lipinski definition) is 2. The topological polar surface area (TPSA) is 53.6 Å². The SMILES string of the molecule is CC1CN(Cc2cccc(NC(=O)C3CC34CCNCC4)c2)CC(C)O1. The van der Waals surface area contributed by atoms with E-state index < -0.39 is 0 Å². The number of piperidine rings is 1. The van der Waals surface area contributed by atoms with Crippen LogP contribution in [-0.4, -0.2) is 49.2 Å². The Kier molecular flexibility index (Phi) is 5.04. The van der Waals surface area contributed by atoms with Gasteiger partial charge in [-0.15, -0.1) is 0 Å². The van der Waals surface area contributed by atoms with E-state index in [0.717, 1.165) is 57.7 Å². The number of anilines is 1. The van der Waals surface area contributed by atoms with Crippen molar-refractivity contribution in [2.75, 3.05) is 31.5 Å². The van der Waals surface area contributed by atoms with Crippen molar-refractivity contribution >= 4 is 11.6 Å². The summed E-state index contributed by atoms with van der Waals surface area (Å²) in [6, 6.07) is 8.32. The summed E-state index contributed by atoms with van der Waals surface area (Å²) in [6.45, 7) is 9.18. The van der Waals surface area contributed by atoms with Gasteiger partial charge in [0, 0.05) is 31.2 Å². The van der Waals surface area contributed by atoms with E-state index in [1.54, 1.807) is 0 Å². The highest BCUT2D eigenvalue weighted by molar-refractivity contribution is 5.95. The number of nitrogens with one attached hydrogen (secondary N) is 2. The minimum absolute atomic E-state index is 0.203. The third-order valence-electron chi connectivity index (χ3n) is 6.20. The first-order valence-electron chi connectivity index (χ1n) is 10.0. The van der Waals surface area contributed by atoms with Gasteiger partial charge in [0.25, 0.3) is 0 Å². The lowest BCUT2D eigenvalue weighted by Gasteiger charge is -2.35. The third kappa shape index (κ3) is 3.95. The number of morpholine rings is 1. The second-order valence-electron chi connectivity index (χ2n) is 8.51. The molecule has 2 aliphatic heterocycles. The number of ether oxygens (including phenoxy) is 1. The Hall–Kier alpha value is -1.43. The number of amides is 1. The maximum atomic E-state index is 12.7. The normalized spacial score (nSPS) is 30.9. The summed E-state index contributed by atoms with van der Waals surface area (Å²) in [6.07, 6.45) is 3.89. The van der Waals surface area contributed by atoms with Crippen LogP contribution in [0.2, 0.25) is 0 Å². The molecule has 3 fully saturated rings. The van der Waals surface area contributed by atoms with Gasteiger partial charge < -0.3 is 15.4 Å².